The number of nitrogens with zero attached hydrogens (tertiary/aromatic N) is 2. The van der Waals surface area contributed by atoms with Gasteiger partial charge >= 0.3 is 0 Å². The van der Waals surface area contributed by atoms with Gasteiger partial charge in [0.15, 0.2) is 5.72 Å². The van der Waals surface area contributed by atoms with E-state index in [0.717, 1.165) is 12.8 Å². The molecule has 1 atom stereocenters. The Labute approximate surface area is 144 Å². The number of carbonyl (C=O) groups excluding carboxylic acids is 1. The smallest absolute Gasteiger partial charge is 0.243 e. The Bertz CT molecular complexity index is 698. The van der Waals surface area contributed by atoms with Crippen molar-refractivity contribution in [3.8, 4) is 0 Å². The Kier molecular flexibility index (Phi) is 5.67. The summed E-state index contributed by atoms with van der Waals surface area (Å²) in [5.41, 5.74) is -1.01. The molecule has 0 saturated carbocycles. The molecule has 24 heavy (non-hydrogen) atoms. The van der Waals surface area contributed by atoms with E-state index in [1.807, 2.05) is 13.8 Å². The molecule has 1 heterocycles. The van der Waals surface area contributed by atoms with Crippen molar-refractivity contribution < 1.29 is 18.3 Å². The molecule has 1 saturated heterocycles. The summed E-state index contributed by atoms with van der Waals surface area (Å²) in [5, 5.41) is 10.8. The second-order valence-corrected chi connectivity index (χ2v) is 8.14. The lowest BCUT2D eigenvalue weighted by Gasteiger charge is -2.31. The van der Waals surface area contributed by atoms with Crippen molar-refractivity contribution in [3.05, 3.63) is 29.8 Å². The van der Waals surface area contributed by atoms with Crippen molar-refractivity contribution in [1.29, 1.82) is 0 Å². The van der Waals surface area contributed by atoms with Crippen LogP contribution >= 0.6 is 0 Å². The van der Waals surface area contributed by atoms with Gasteiger partial charge in [-0.25, -0.2) is 8.42 Å². The number of benzene rings is 1. The molecule has 1 fully saturated rings. The zero-order valence-electron chi connectivity index (χ0n) is 14.5. The monoisotopic (exact) mass is 354 g/mol. The van der Waals surface area contributed by atoms with E-state index >= 15 is 0 Å². The van der Waals surface area contributed by atoms with E-state index in [-0.39, 0.29) is 23.6 Å². The predicted molar refractivity (Wildman–Crippen MR) is 91.7 cm³/mol. The minimum atomic E-state index is -3.62. The van der Waals surface area contributed by atoms with Gasteiger partial charge in [0, 0.05) is 38.5 Å². The van der Waals surface area contributed by atoms with Crippen LogP contribution in [0.1, 0.15) is 45.1 Å². The summed E-state index contributed by atoms with van der Waals surface area (Å²) in [6.45, 7) is 4.80. The van der Waals surface area contributed by atoms with E-state index in [2.05, 4.69) is 0 Å². The predicted octanol–water partition coefficient (Wildman–Crippen LogP) is 1.89. The van der Waals surface area contributed by atoms with Crippen LogP contribution in [0.2, 0.25) is 0 Å². The molecule has 0 bridgehead atoms. The molecule has 134 valence electrons. The van der Waals surface area contributed by atoms with E-state index in [1.54, 1.807) is 12.1 Å². The Hall–Kier alpha value is -1.44. The van der Waals surface area contributed by atoms with Gasteiger partial charge in [-0.15, -0.1) is 0 Å². The van der Waals surface area contributed by atoms with Gasteiger partial charge in [0.05, 0.1) is 4.90 Å². The van der Waals surface area contributed by atoms with Crippen molar-refractivity contribution in [2.75, 3.05) is 20.1 Å². The minimum absolute atomic E-state index is 0.149. The Balaban J connectivity index is 2.41. The Morgan fingerprint density at radius 3 is 2.38 bits per heavy atom. The molecule has 7 heteroatoms. The maximum Gasteiger partial charge on any atom is 0.243 e. The maximum atomic E-state index is 12.9. The van der Waals surface area contributed by atoms with E-state index in [1.165, 1.54) is 28.4 Å². The first-order chi connectivity index (χ1) is 11.3. The summed E-state index contributed by atoms with van der Waals surface area (Å²) in [5.74, 6) is -0.149. The number of carbonyl (C=O) groups is 1. The zero-order chi connectivity index (χ0) is 18.0. The first kappa shape index (κ1) is 18.9. The SMILES string of the molecule is CCCN(CCC)S(=O)(=O)c1cccc(C2(O)CCC(=O)N2C)c1. The molecule has 6 nitrogen and oxygen atoms in total. The number of amides is 1. The van der Waals surface area contributed by atoms with Crippen LogP contribution in [0.3, 0.4) is 0 Å². The molecule has 0 aromatic heterocycles. The molecule has 1 aromatic carbocycles. The van der Waals surface area contributed by atoms with Gasteiger partial charge in [-0.1, -0.05) is 26.0 Å². The summed E-state index contributed by atoms with van der Waals surface area (Å²) in [4.78, 5) is 13.2. The molecule has 0 spiro atoms. The van der Waals surface area contributed by atoms with Crippen LogP contribution in [0.25, 0.3) is 0 Å². The summed E-state index contributed by atoms with van der Waals surface area (Å²) >= 11 is 0. The van der Waals surface area contributed by atoms with Gasteiger partial charge in [0.25, 0.3) is 0 Å². The van der Waals surface area contributed by atoms with Crippen molar-refractivity contribution in [2.24, 2.45) is 0 Å². The van der Waals surface area contributed by atoms with Crippen molar-refractivity contribution in [2.45, 2.75) is 50.2 Å². The molecule has 1 N–H and O–H groups in total. The normalized spacial score (nSPS) is 21.7. The molecule has 2 rings (SSSR count). The number of rotatable bonds is 7. The molecule has 1 aromatic rings. The second-order valence-electron chi connectivity index (χ2n) is 6.20. The van der Waals surface area contributed by atoms with Gasteiger partial charge in [0.2, 0.25) is 15.9 Å². The largest absolute Gasteiger partial charge is 0.367 e. The summed E-state index contributed by atoms with van der Waals surface area (Å²) in [7, 11) is -2.08. The first-order valence-corrected chi connectivity index (χ1v) is 9.81. The third-order valence-corrected chi connectivity index (χ3v) is 6.39. The van der Waals surface area contributed by atoms with E-state index in [4.69, 9.17) is 0 Å². The number of hydrogen-bond donors (Lipinski definition) is 1. The summed E-state index contributed by atoms with van der Waals surface area (Å²) in [6, 6.07) is 6.31. The van der Waals surface area contributed by atoms with Crippen molar-refractivity contribution in [1.82, 2.24) is 9.21 Å². The van der Waals surface area contributed by atoms with Crippen molar-refractivity contribution >= 4 is 15.9 Å². The second kappa shape index (κ2) is 7.21. The average molecular weight is 354 g/mol. The highest BCUT2D eigenvalue weighted by Gasteiger charge is 2.43. The number of sulfonamides is 1. The number of likely N-dealkylation sites (tertiary alicyclic amines) is 1. The highest BCUT2D eigenvalue weighted by atomic mass is 32.2. The Morgan fingerprint density at radius 2 is 1.88 bits per heavy atom. The van der Waals surface area contributed by atoms with E-state index < -0.39 is 15.7 Å². The molecule has 0 aliphatic carbocycles. The Morgan fingerprint density at radius 1 is 1.25 bits per heavy atom. The van der Waals surface area contributed by atoms with Crippen LogP contribution in [0, 0.1) is 0 Å². The molecule has 1 unspecified atom stereocenters. The summed E-state index contributed by atoms with van der Waals surface area (Å²) in [6.07, 6.45) is 1.99. The number of hydrogen-bond acceptors (Lipinski definition) is 4. The summed E-state index contributed by atoms with van der Waals surface area (Å²) < 4.78 is 27.3. The zero-order valence-corrected chi connectivity index (χ0v) is 15.3. The highest BCUT2D eigenvalue weighted by Crippen LogP contribution is 2.36. The number of aliphatic hydroxyl groups is 1. The van der Waals surface area contributed by atoms with Crippen LogP contribution < -0.4 is 0 Å². The molecule has 1 amide bonds. The molecular weight excluding hydrogens is 328 g/mol. The third-order valence-electron chi connectivity index (χ3n) is 4.50. The topological polar surface area (TPSA) is 77.9 Å². The van der Waals surface area contributed by atoms with Gasteiger partial charge in [-0.3, -0.25) is 4.79 Å². The van der Waals surface area contributed by atoms with Crippen LogP contribution in [0.4, 0.5) is 0 Å². The molecule has 1 aliphatic heterocycles. The third kappa shape index (κ3) is 3.34. The fourth-order valence-corrected chi connectivity index (χ4v) is 4.74. The molecule has 1 aliphatic rings. The lowest BCUT2D eigenvalue weighted by atomic mass is 10.0. The lowest BCUT2D eigenvalue weighted by Crippen LogP contribution is -2.40. The lowest BCUT2D eigenvalue weighted by molar-refractivity contribution is -0.142. The fraction of sp³-hybridized carbons (Fsp3) is 0.588. The van der Waals surface area contributed by atoms with Gasteiger partial charge < -0.3 is 10.0 Å². The van der Waals surface area contributed by atoms with E-state index in [0.29, 0.717) is 18.7 Å². The fourth-order valence-electron chi connectivity index (χ4n) is 3.07. The minimum Gasteiger partial charge on any atom is -0.367 e. The van der Waals surface area contributed by atoms with Gasteiger partial charge in [-0.2, -0.15) is 4.31 Å². The van der Waals surface area contributed by atoms with Crippen LogP contribution in [0.5, 0.6) is 0 Å². The van der Waals surface area contributed by atoms with E-state index in [9.17, 15) is 18.3 Å². The molecular formula is C17H26N2O4S. The van der Waals surface area contributed by atoms with Gasteiger partial charge in [0.1, 0.15) is 0 Å². The van der Waals surface area contributed by atoms with Crippen molar-refractivity contribution in [3.63, 3.8) is 0 Å². The highest BCUT2D eigenvalue weighted by molar-refractivity contribution is 7.89. The average Bonchev–Trinajstić information content (AvgIpc) is 2.83. The maximum absolute atomic E-state index is 12.9. The molecule has 0 radical (unpaired) electrons. The van der Waals surface area contributed by atoms with Crippen LogP contribution in [-0.2, 0) is 20.5 Å². The van der Waals surface area contributed by atoms with Gasteiger partial charge in [-0.05, 0) is 25.0 Å². The van der Waals surface area contributed by atoms with Crippen LogP contribution in [0.15, 0.2) is 29.2 Å². The quantitative estimate of drug-likeness (QED) is 0.811. The first-order valence-electron chi connectivity index (χ1n) is 8.37. The van der Waals surface area contributed by atoms with Crippen LogP contribution in [-0.4, -0.2) is 48.8 Å². The standard InChI is InChI=1S/C17H26N2O4S/c1-4-11-19(12-5-2)24(22,23)15-8-6-7-14(13-15)17(21)10-9-16(20)18(17)3/h6-8,13,21H,4-5,9-12H2,1-3H3.